The number of ether oxygens (including phenoxy) is 3. The molecule has 0 radical (unpaired) electrons. The number of aromatic nitrogens is 2. The summed E-state index contributed by atoms with van der Waals surface area (Å²) in [5, 5.41) is 16.5. The third-order valence-electron chi connectivity index (χ3n) is 6.09. The summed E-state index contributed by atoms with van der Waals surface area (Å²) in [4.78, 5) is 51.7. The van der Waals surface area contributed by atoms with Crippen molar-refractivity contribution in [1.82, 2.24) is 20.0 Å². The van der Waals surface area contributed by atoms with Crippen molar-refractivity contribution in [2.75, 3.05) is 6.61 Å². The molecular formula is C27H39N4O11P. The zero-order chi connectivity index (χ0) is 32.2. The van der Waals surface area contributed by atoms with Crippen molar-refractivity contribution in [3.63, 3.8) is 0 Å². The van der Waals surface area contributed by atoms with Crippen molar-refractivity contribution in [2.24, 2.45) is 0 Å². The van der Waals surface area contributed by atoms with Crippen molar-refractivity contribution < 1.29 is 42.5 Å². The number of rotatable bonds is 11. The smallest absolute Gasteiger partial charge is 0.459 e. The van der Waals surface area contributed by atoms with Gasteiger partial charge in [-0.2, -0.15) is 5.09 Å². The molecule has 2 aromatic rings. The largest absolute Gasteiger partial charge is 0.462 e. The molecule has 3 rings (SSSR count). The number of aliphatic hydroxyl groups excluding tert-OH is 1. The first kappa shape index (κ1) is 34.0. The molecule has 1 aromatic heterocycles. The number of benzene rings is 1. The van der Waals surface area contributed by atoms with E-state index in [4.69, 9.17) is 23.3 Å². The van der Waals surface area contributed by atoms with E-state index in [2.05, 4.69) is 15.4 Å². The molecule has 1 amide bonds. The standard InChI is InChI=1S/C27H39N4O11P/c1-16(2)39-22(34)17(3)30-43(37,42-18-11-9-8-10-12-18)38-15-19-21(33)27(7,29-25(36)41-26(4,5)6)23(40-19)31-14-13-20(32)28-24(31)35/h8-14,16-17,19,21,23,33H,15H2,1-7H3,(H,29,36)(H,30,37)(H,28,32,35)/t17-,19+,21+,23+,27+,43?/m0/s1. The van der Waals surface area contributed by atoms with Gasteiger partial charge in [-0.1, -0.05) is 18.2 Å². The van der Waals surface area contributed by atoms with Crippen molar-refractivity contribution >= 4 is 19.8 Å². The van der Waals surface area contributed by atoms with Crippen molar-refractivity contribution in [2.45, 2.75) is 90.2 Å². The van der Waals surface area contributed by atoms with E-state index >= 15 is 0 Å². The van der Waals surface area contributed by atoms with Gasteiger partial charge in [0.25, 0.3) is 5.56 Å². The second-order valence-electron chi connectivity index (χ2n) is 11.4. The third kappa shape index (κ3) is 9.00. The molecule has 0 saturated carbocycles. The maximum atomic E-state index is 13.9. The fourth-order valence-electron chi connectivity index (χ4n) is 4.18. The van der Waals surface area contributed by atoms with E-state index in [1.165, 1.54) is 26.0 Å². The molecule has 1 aliphatic heterocycles. The van der Waals surface area contributed by atoms with Crippen molar-refractivity contribution in [1.29, 1.82) is 0 Å². The van der Waals surface area contributed by atoms with Crippen molar-refractivity contribution in [3.8, 4) is 5.75 Å². The average molecular weight is 627 g/mol. The number of esters is 1. The summed E-state index contributed by atoms with van der Waals surface area (Å²) in [6.45, 7) is 10.5. The lowest BCUT2D eigenvalue weighted by atomic mass is 9.92. The van der Waals surface area contributed by atoms with Crippen LogP contribution >= 0.6 is 7.75 Å². The Morgan fingerprint density at radius 3 is 2.40 bits per heavy atom. The summed E-state index contributed by atoms with van der Waals surface area (Å²) in [5.41, 5.74) is -4.15. The van der Waals surface area contributed by atoms with E-state index in [9.17, 15) is 28.8 Å². The number of hydrogen-bond acceptors (Lipinski definition) is 11. The molecule has 1 aliphatic rings. The van der Waals surface area contributed by atoms with Gasteiger partial charge in [-0.3, -0.25) is 23.7 Å². The minimum absolute atomic E-state index is 0.157. The Morgan fingerprint density at radius 2 is 1.81 bits per heavy atom. The van der Waals surface area contributed by atoms with Crippen LogP contribution in [0.3, 0.4) is 0 Å². The van der Waals surface area contributed by atoms with Crippen LogP contribution in [-0.4, -0.2) is 68.8 Å². The lowest BCUT2D eigenvalue weighted by molar-refractivity contribution is -0.149. The highest BCUT2D eigenvalue weighted by Crippen LogP contribution is 2.47. The van der Waals surface area contributed by atoms with Gasteiger partial charge in [0.05, 0.1) is 12.7 Å². The van der Waals surface area contributed by atoms with Crippen LogP contribution in [0.1, 0.15) is 54.7 Å². The number of nitrogens with one attached hydrogen (secondary N) is 3. The molecule has 1 aromatic carbocycles. The van der Waals surface area contributed by atoms with Crippen LogP contribution in [0.5, 0.6) is 5.75 Å². The minimum Gasteiger partial charge on any atom is -0.462 e. The van der Waals surface area contributed by atoms with Gasteiger partial charge in [-0.15, -0.1) is 0 Å². The third-order valence-corrected chi connectivity index (χ3v) is 7.74. The van der Waals surface area contributed by atoms with Gasteiger partial charge in [0.15, 0.2) is 6.23 Å². The van der Waals surface area contributed by atoms with Gasteiger partial charge >= 0.3 is 25.5 Å². The predicted octanol–water partition coefficient (Wildman–Crippen LogP) is 2.21. The van der Waals surface area contributed by atoms with Crippen LogP contribution in [0.4, 0.5) is 4.79 Å². The van der Waals surface area contributed by atoms with Crippen LogP contribution in [0.25, 0.3) is 0 Å². The Morgan fingerprint density at radius 1 is 1.16 bits per heavy atom. The van der Waals surface area contributed by atoms with Crippen molar-refractivity contribution in [3.05, 3.63) is 63.4 Å². The number of carbonyl (C=O) groups is 2. The first-order chi connectivity index (χ1) is 19.9. The fourth-order valence-corrected chi connectivity index (χ4v) is 5.68. The first-order valence-corrected chi connectivity index (χ1v) is 15.1. The molecule has 43 heavy (non-hydrogen) atoms. The second-order valence-corrected chi connectivity index (χ2v) is 13.1. The molecule has 16 heteroatoms. The van der Waals surface area contributed by atoms with Gasteiger partial charge in [0.1, 0.15) is 35.1 Å². The lowest BCUT2D eigenvalue weighted by Crippen LogP contribution is -2.59. The molecule has 4 N–H and O–H groups in total. The summed E-state index contributed by atoms with van der Waals surface area (Å²) >= 11 is 0. The Kier molecular flexibility index (Phi) is 10.6. The zero-order valence-corrected chi connectivity index (χ0v) is 26.0. The number of nitrogens with zero attached hydrogens (tertiary/aromatic N) is 1. The molecule has 0 bridgehead atoms. The van der Waals surface area contributed by atoms with E-state index in [1.807, 2.05) is 0 Å². The number of hydrogen-bond donors (Lipinski definition) is 4. The van der Waals surface area contributed by atoms with Gasteiger partial charge in [0.2, 0.25) is 0 Å². The molecule has 1 saturated heterocycles. The second kappa shape index (κ2) is 13.4. The van der Waals surface area contributed by atoms with E-state index < -0.39 is 79.4 Å². The highest BCUT2D eigenvalue weighted by Gasteiger charge is 2.56. The van der Waals surface area contributed by atoms with Crippen LogP contribution in [0.15, 0.2) is 52.2 Å². The molecule has 6 atom stereocenters. The molecule has 2 heterocycles. The molecule has 238 valence electrons. The number of alkyl carbamates (subject to hydrolysis) is 1. The van der Waals surface area contributed by atoms with Crippen LogP contribution in [0, 0.1) is 0 Å². The summed E-state index contributed by atoms with van der Waals surface area (Å²) in [6.07, 6.45) is -4.47. The van der Waals surface area contributed by atoms with E-state index in [0.717, 1.165) is 16.8 Å². The monoisotopic (exact) mass is 626 g/mol. The topological polar surface area (TPSA) is 197 Å². The maximum absolute atomic E-state index is 13.9. The Bertz CT molecular complexity index is 1440. The molecule has 0 aliphatic carbocycles. The molecule has 1 unspecified atom stereocenters. The summed E-state index contributed by atoms with van der Waals surface area (Å²) in [7, 11) is -4.35. The highest BCUT2D eigenvalue weighted by atomic mass is 31.2. The number of amides is 1. The van der Waals surface area contributed by atoms with Gasteiger partial charge in [0, 0.05) is 12.3 Å². The van der Waals surface area contributed by atoms with Crippen LogP contribution in [-0.2, 0) is 28.1 Å². The lowest BCUT2D eigenvalue weighted by Gasteiger charge is -2.34. The summed E-state index contributed by atoms with van der Waals surface area (Å²) in [6, 6.07) is 7.98. The number of aromatic amines is 1. The Balaban J connectivity index is 1.91. The first-order valence-electron chi connectivity index (χ1n) is 13.6. The number of H-pyrrole nitrogens is 1. The zero-order valence-electron chi connectivity index (χ0n) is 25.1. The number of carbonyl (C=O) groups excluding carboxylic acids is 2. The summed E-state index contributed by atoms with van der Waals surface area (Å²) < 4.78 is 42.7. The van der Waals surface area contributed by atoms with Gasteiger partial charge in [-0.25, -0.2) is 14.2 Å². The number of para-hydroxylation sites is 1. The average Bonchev–Trinajstić information content (AvgIpc) is 3.11. The van der Waals surface area contributed by atoms with Crippen LogP contribution in [0.2, 0.25) is 0 Å². The molecule has 1 fully saturated rings. The molecular weight excluding hydrogens is 587 g/mol. The maximum Gasteiger partial charge on any atom is 0.459 e. The highest BCUT2D eigenvalue weighted by molar-refractivity contribution is 7.52. The van der Waals surface area contributed by atoms with Crippen LogP contribution < -0.4 is 26.2 Å². The molecule has 0 spiro atoms. The van der Waals surface area contributed by atoms with Gasteiger partial charge < -0.3 is 29.2 Å². The molecule has 15 nitrogen and oxygen atoms in total. The van der Waals surface area contributed by atoms with Gasteiger partial charge in [-0.05, 0) is 60.6 Å². The predicted molar refractivity (Wildman–Crippen MR) is 153 cm³/mol. The van der Waals surface area contributed by atoms with E-state index in [-0.39, 0.29) is 5.75 Å². The quantitative estimate of drug-likeness (QED) is 0.210. The van der Waals surface area contributed by atoms with E-state index in [0.29, 0.717) is 0 Å². The Hall–Kier alpha value is -3.49. The summed E-state index contributed by atoms with van der Waals surface area (Å²) in [5.74, 6) is -0.552. The normalized spacial score (nSPS) is 24.2. The Labute approximate surface area is 248 Å². The number of aliphatic hydroxyl groups is 1. The SMILES string of the molecule is CC(C)OC(=O)[C@H](C)NP(=O)(OC[C@H]1O[C@@H](n2ccc(=O)[nH]c2=O)[C@](C)(NC(=O)OC(C)(C)C)[C@@H]1O)Oc1ccccc1. The minimum atomic E-state index is -4.35. The van der Waals surface area contributed by atoms with E-state index in [1.54, 1.807) is 52.8 Å². The fraction of sp³-hybridized carbons (Fsp3) is 0.556.